The first-order valence-electron chi connectivity index (χ1n) is 34.5. The molecule has 0 bridgehead atoms. The van der Waals surface area contributed by atoms with Crippen LogP contribution in [0.25, 0.3) is 0 Å². The van der Waals surface area contributed by atoms with Gasteiger partial charge in [-0.2, -0.15) is 0 Å². The van der Waals surface area contributed by atoms with Crippen molar-refractivity contribution in [1.82, 2.24) is 26.2 Å². The summed E-state index contributed by atoms with van der Waals surface area (Å²) in [5.41, 5.74) is 5.30. The highest BCUT2D eigenvalue weighted by Gasteiger charge is 2.45. The van der Waals surface area contributed by atoms with Gasteiger partial charge in [-0.1, -0.05) is 54.9 Å². The lowest BCUT2D eigenvalue weighted by Crippen LogP contribution is -2.55. The molecule has 0 saturated carbocycles. The minimum atomic E-state index is -3.75. The van der Waals surface area contributed by atoms with Crippen LogP contribution in [0.15, 0.2) is 0 Å². The van der Waals surface area contributed by atoms with Crippen molar-refractivity contribution in [3.05, 3.63) is 0 Å². The number of Topliss-reactive ketones (excluding diaryl/α,β-unsaturated/α-hetero) is 4. The smallest absolute Gasteiger partial charge is 0.394 e. The Morgan fingerprint density at radius 2 is 0.870 bits per heavy atom. The monoisotopic (exact) mass is 1470 g/mol. The molecule has 3 fully saturated rings. The zero-order valence-corrected chi connectivity index (χ0v) is 59.8. The molecule has 11 unspecified atom stereocenters. The topological polar surface area (TPSA) is 516 Å². The Bertz CT molecular complexity index is 2260. The van der Waals surface area contributed by atoms with E-state index in [9.17, 15) is 88.9 Å². The molecule has 3 rings (SSSR count). The Hall–Kier alpha value is -4.05. The van der Waals surface area contributed by atoms with E-state index >= 15 is 0 Å². The van der Waals surface area contributed by atoms with Crippen molar-refractivity contribution >= 4 is 54.6 Å². The number of ether oxygens (including phenoxy) is 7. The van der Waals surface area contributed by atoms with Crippen molar-refractivity contribution in [3.63, 3.8) is 0 Å². The number of rotatable bonds is 51. The van der Waals surface area contributed by atoms with Gasteiger partial charge in [-0.05, 0) is 57.9 Å². The van der Waals surface area contributed by atoms with Gasteiger partial charge in [0.25, 0.3) is 0 Å². The van der Waals surface area contributed by atoms with E-state index in [1.54, 1.807) is 20.8 Å². The average molecular weight is 1470 g/mol. The number of carbonyl (C=O) groups excluding carboxylic acids is 8. The highest BCUT2D eigenvalue weighted by Crippen LogP contribution is 2.42. The van der Waals surface area contributed by atoms with E-state index in [0.717, 1.165) is 32.8 Å². The van der Waals surface area contributed by atoms with E-state index in [1.165, 1.54) is 12.0 Å². The second-order valence-electron chi connectivity index (χ2n) is 24.4. The first-order chi connectivity index (χ1) is 47.2. The van der Waals surface area contributed by atoms with Crippen LogP contribution in [0.5, 0.6) is 0 Å². The molecule has 3 heterocycles. The Morgan fingerprint density at radius 3 is 1.26 bits per heavy atom. The van der Waals surface area contributed by atoms with Crippen LogP contribution in [0.2, 0.25) is 0 Å². The predicted octanol–water partition coefficient (Wildman–Crippen LogP) is -1.29. The van der Waals surface area contributed by atoms with E-state index in [1.807, 2.05) is 13.8 Å². The van der Waals surface area contributed by atoms with E-state index < -0.39 is 180 Å². The van der Waals surface area contributed by atoms with Crippen molar-refractivity contribution < 1.29 is 136 Å². The van der Waals surface area contributed by atoms with Crippen molar-refractivity contribution in [1.29, 1.82) is 0 Å². The summed E-state index contributed by atoms with van der Waals surface area (Å²) in [6.45, 7) is 7.26. The number of unbranched alkanes of at least 4 members (excludes halogenated alkanes) is 3. The Balaban J connectivity index is 0.00000547. The molecule has 3 saturated heterocycles. The van der Waals surface area contributed by atoms with Gasteiger partial charge in [0.05, 0.1) is 90.2 Å². The van der Waals surface area contributed by atoms with Crippen LogP contribution >= 0.6 is 7.82 Å². The molecule has 100 heavy (non-hydrogen) atoms. The fraction of sp³-hybridized carbons (Fsp3) is 0.877. The number of aliphatic hydroxyl groups excluding tert-OH is 9. The lowest BCUT2D eigenvalue weighted by Gasteiger charge is -2.40. The average Bonchev–Trinajstić information content (AvgIpc) is 0.836. The minimum Gasteiger partial charge on any atom is -0.394 e. The molecule has 0 aromatic heterocycles. The third-order valence-electron chi connectivity index (χ3n) is 16.5. The molecular weight excluding hydrogens is 1340 g/mol. The van der Waals surface area contributed by atoms with Gasteiger partial charge in [-0.3, -0.25) is 52.3 Å². The lowest BCUT2D eigenvalue weighted by atomic mass is 9.92. The quantitative estimate of drug-likeness (QED) is 0.0249. The van der Waals surface area contributed by atoms with Crippen LogP contribution in [0.1, 0.15) is 158 Å². The van der Waals surface area contributed by atoms with E-state index in [2.05, 4.69) is 30.3 Å². The van der Waals surface area contributed by atoms with Gasteiger partial charge < -0.3 is 111 Å². The predicted molar refractivity (Wildman–Crippen MR) is 361 cm³/mol. The molecule has 0 aliphatic carbocycles. The number of carbonyl (C=O) groups is 8. The van der Waals surface area contributed by atoms with Crippen LogP contribution in [-0.2, 0) is 85.1 Å². The molecule has 17 atom stereocenters. The molecule has 16 N–H and O–H groups in total. The number of hydrogen-bond acceptors (Lipinski definition) is 29. The van der Waals surface area contributed by atoms with Crippen molar-refractivity contribution in [3.8, 4) is 0 Å². The number of nitrogens with one attached hydrogen (secondary N) is 4. The van der Waals surface area contributed by atoms with Gasteiger partial charge in [-0.25, -0.2) is 4.57 Å². The number of nitrogens with zero attached hydrogens (tertiary/aromatic N) is 1. The number of amides is 4. The number of aliphatic hydroxyl groups is 9. The summed E-state index contributed by atoms with van der Waals surface area (Å²) in [7, 11) is -1.09. The van der Waals surface area contributed by atoms with Crippen molar-refractivity contribution in [2.24, 2.45) is 23.5 Å². The molecule has 4 amide bonds. The van der Waals surface area contributed by atoms with Gasteiger partial charge in [0.2, 0.25) is 23.6 Å². The van der Waals surface area contributed by atoms with Gasteiger partial charge >= 0.3 is 7.82 Å². The lowest BCUT2D eigenvalue weighted by molar-refractivity contribution is -0.282. The first kappa shape index (κ1) is 96.0. The van der Waals surface area contributed by atoms with Crippen molar-refractivity contribution in [2.45, 2.75) is 237 Å². The standard InChI is InChI=1S/C55H95N5O24.C7H18NO4P.C2H6.CH4/c1-32-46(71)49(74)40(29-61)82-53(32)79-23-7-19-56-43(68)17-14-37(66)27-60(28-38(67)15-18-44(69)57-20-8-24-80-54-33(2)47(72)50(75)41(30-62)83-54)39(16-13-36(65)11-5-10-35(64)12-6-22-78-4)52(77)59-26-45(70)58-21-9-25-81-55-34(3)48(73)51(76)42(31-63)84-55;1-11-13(9,10)12-7-5-3-2-4-6-8;1-2;/h32-34,39-42,46-51,53-55,61-63,71-76H,5-31H2,1-4H3,(H,56,68)(H,57,69)(H,58,70)(H,59,77);2-8H2,1H3,(H,9,10);1-2H3;1H4/t32?,33?,34?,39?,40?,41?,42?,46?,47?,48?,49-,50-,51-,53+,54+,55+;;;/m0.../s1. The number of hydrogen-bond donors (Lipinski definition) is 15. The van der Waals surface area contributed by atoms with Crippen LogP contribution < -0.4 is 27.0 Å². The molecule has 0 aromatic rings. The van der Waals surface area contributed by atoms with Crippen molar-refractivity contribution in [2.75, 3.05) is 113 Å². The van der Waals surface area contributed by atoms with Gasteiger partial charge in [0.1, 0.15) is 59.8 Å². The number of nitrogens with two attached hydrogens (primary N) is 1. The summed E-state index contributed by atoms with van der Waals surface area (Å²) < 4.78 is 58.3. The van der Waals surface area contributed by atoms with Crippen LogP contribution in [-0.4, -0.2) is 295 Å². The molecule has 0 radical (unpaired) electrons. The Labute approximate surface area is 588 Å². The van der Waals surface area contributed by atoms with Gasteiger partial charge in [0.15, 0.2) is 18.9 Å². The minimum absolute atomic E-state index is 0. The molecule has 35 heteroatoms. The van der Waals surface area contributed by atoms with E-state index in [0.29, 0.717) is 19.6 Å². The second-order valence-corrected chi connectivity index (χ2v) is 25.9. The summed E-state index contributed by atoms with van der Waals surface area (Å²) in [5.74, 6) is -5.90. The molecule has 586 valence electrons. The Kier molecular flexibility index (Phi) is 53.2. The summed E-state index contributed by atoms with van der Waals surface area (Å²) >= 11 is 0. The molecule has 0 spiro atoms. The maximum absolute atomic E-state index is 14.2. The zero-order valence-electron chi connectivity index (χ0n) is 58.9. The number of methoxy groups -OCH3 is 1. The SMILES string of the molecule is C.CC.COCCCC(=O)CCCC(=O)CCC(C(=O)NCC(=O)NCCCO[C@@H]1OC(CO)[C@H](O)C(O)C1C)N(CC(=O)CCC(=O)NCCCO[C@@H]1OC(CO)[C@H](O)C(O)C1C)CC(=O)CCC(=O)NCCCO[C@@H]1OC(CO)[C@H](O)C(O)C1C.COP(=O)(O)OCCCCCCN. The highest BCUT2D eigenvalue weighted by atomic mass is 31.2. The third-order valence-corrected chi connectivity index (χ3v) is 17.5. The summed E-state index contributed by atoms with van der Waals surface area (Å²) in [6, 6.07) is -1.38. The van der Waals surface area contributed by atoms with E-state index in [4.69, 9.17) is 43.8 Å². The van der Waals surface area contributed by atoms with Crippen LogP contribution in [0, 0.1) is 17.8 Å². The third kappa shape index (κ3) is 38.6. The van der Waals surface area contributed by atoms with Crippen LogP contribution in [0.4, 0.5) is 0 Å². The maximum atomic E-state index is 14.2. The highest BCUT2D eigenvalue weighted by molar-refractivity contribution is 7.47. The number of phosphoric ester groups is 1. The largest absolute Gasteiger partial charge is 0.471 e. The fourth-order valence-corrected chi connectivity index (χ4v) is 10.9. The number of phosphoric acid groups is 1. The molecule has 0 aromatic carbocycles. The molecule has 3 aliphatic heterocycles. The molecule has 3 aliphatic rings. The maximum Gasteiger partial charge on any atom is 0.471 e. The summed E-state index contributed by atoms with van der Waals surface area (Å²) in [5, 5.41) is 100. The van der Waals surface area contributed by atoms with Gasteiger partial charge in [-0.15, -0.1) is 0 Å². The second kappa shape index (κ2) is 55.4. The van der Waals surface area contributed by atoms with E-state index in [-0.39, 0.29) is 149 Å². The summed E-state index contributed by atoms with van der Waals surface area (Å²) in [4.78, 5) is 116. The summed E-state index contributed by atoms with van der Waals surface area (Å²) in [6.07, 6.45) is -9.58. The molecular formula is C65H123N6O28P. The zero-order chi connectivity index (χ0) is 74.5. The number of ketones is 4. The van der Waals surface area contributed by atoms with Crippen LogP contribution in [0.3, 0.4) is 0 Å². The first-order valence-corrected chi connectivity index (χ1v) is 36.0. The fourth-order valence-electron chi connectivity index (χ4n) is 10.4. The van der Waals surface area contributed by atoms with Gasteiger partial charge in [0, 0.05) is 110 Å². The molecule has 34 nitrogen and oxygen atoms in total. The normalized spacial score (nSPS) is 25.9. The Morgan fingerprint density at radius 1 is 0.480 bits per heavy atom.